The Bertz CT molecular complexity index is 982. The van der Waals surface area contributed by atoms with E-state index in [2.05, 4.69) is 15.2 Å². The number of carbonyl (C=O) groups excluding carboxylic acids is 1. The lowest BCUT2D eigenvalue weighted by molar-refractivity contribution is -0.274. The van der Waals surface area contributed by atoms with Crippen LogP contribution in [-0.4, -0.2) is 29.2 Å². The van der Waals surface area contributed by atoms with Crippen LogP contribution in [0.4, 0.5) is 18.9 Å². The molecule has 1 heterocycles. The van der Waals surface area contributed by atoms with Crippen molar-refractivity contribution in [2.24, 2.45) is 0 Å². The first kappa shape index (κ1) is 19.3. The number of aromatic nitrogens is 2. The molecule has 1 amide bonds. The maximum absolute atomic E-state index is 12.6. The summed E-state index contributed by atoms with van der Waals surface area (Å²) in [5.41, 5.74) is 1.36. The highest BCUT2D eigenvalue weighted by Gasteiger charge is 2.32. The number of anilines is 1. The zero-order valence-corrected chi connectivity index (χ0v) is 14.9. The van der Waals surface area contributed by atoms with Crippen molar-refractivity contribution in [1.29, 1.82) is 0 Å². The summed E-state index contributed by atoms with van der Waals surface area (Å²) in [6.07, 6.45) is -3.52. The number of carbonyl (C=O) groups is 1. The highest BCUT2D eigenvalue weighted by Crippen LogP contribution is 2.30. The molecule has 0 unspecified atom stereocenters. The molecule has 0 aliphatic rings. The van der Waals surface area contributed by atoms with E-state index in [0.717, 1.165) is 6.07 Å². The number of methoxy groups -OCH3 is 1. The zero-order valence-electron chi connectivity index (χ0n) is 14.9. The predicted molar refractivity (Wildman–Crippen MR) is 95.9 cm³/mol. The van der Waals surface area contributed by atoms with Crippen LogP contribution in [0.3, 0.4) is 0 Å². The number of para-hydroxylation sites is 2. The Labute approximate surface area is 158 Å². The molecule has 3 aromatic rings. The number of halogens is 3. The van der Waals surface area contributed by atoms with Crippen molar-refractivity contribution in [1.82, 2.24) is 9.78 Å². The van der Waals surface area contributed by atoms with E-state index in [0.29, 0.717) is 17.1 Å². The molecular formula is C19H16F3N3O3. The van der Waals surface area contributed by atoms with Gasteiger partial charge in [-0.15, -0.1) is 13.2 Å². The quantitative estimate of drug-likeness (QED) is 0.703. The van der Waals surface area contributed by atoms with E-state index < -0.39 is 18.0 Å². The standard InChI is InChI=1S/C19H16F3N3O3/c1-12-15(11-23-25(12)13-7-9-14(27-2)10-8-13)18(26)24-16-5-3-4-6-17(16)28-19(20,21)22/h3-11H,1-2H3,(H,24,26). The molecule has 6 nitrogen and oxygen atoms in total. The van der Waals surface area contributed by atoms with Gasteiger partial charge in [-0.1, -0.05) is 12.1 Å². The fourth-order valence-electron chi connectivity index (χ4n) is 2.59. The molecule has 9 heteroatoms. The second-order valence-electron chi connectivity index (χ2n) is 5.75. The van der Waals surface area contributed by atoms with E-state index in [1.807, 2.05) is 0 Å². The Hall–Kier alpha value is -3.49. The topological polar surface area (TPSA) is 65.4 Å². The largest absolute Gasteiger partial charge is 0.573 e. The van der Waals surface area contributed by atoms with Crippen molar-refractivity contribution >= 4 is 11.6 Å². The molecule has 3 rings (SSSR count). The smallest absolute Gasteiger partial charge is 0.497 e. The van der Waals surface area contributed by atoms with Crippen molar-refractivity contribution in [3.8, 4) is 17.2 Å². The molecule has 0 aliphatic heterocycles. The highest BCUT2D eigenvalue weighted by atomic mass is 19.4. The first-order valence-corrected chi connectivity index (χ1v) is 8.13. The van der Waals surface area contributed by atoms with Gasteiger partial charge in [0, 0.05) is 0 Å². The zero-order chi connectivity index (χ0) is 20.3. The van der Waals surface area contributed by atoms with Crippen LogP contribution in [0.15, 0.2) is 54.7 Å². The Balaban J connectivity index is 1.84. The van der Waals surface area contributed by atoms with E-state index in [9.17, 15) is 18.0 Å². The molecule has 0 bridgehead atoms. The maximum atomic E-state index is 12.6. The minimum Gasteiger partial charge on any atom is -0.497 e. The van der Waals surface area contributed by atoms with Crippen LogP contribution in [0.5, 0.6) is 11.5 Å². The molecule has 0 saturated carbocycles. The van der Waals surface area contributed by atoms with E-state index >= 15 is 0 Å². The van der Waals surface area contributed by atoms with Gasteiger partial charge in [0.05, 0.1) is 35.9 Å². The van der Waals surface area contributed by atoms with Crippen LogP contribution in [0.2, 0.25) is 0 Å². The Morgan fingerprint density at radius 2 is 1.79 bits per heavy atom. The average Bonchev–Trinajstić information content (AvgIpc) is 3.04. The maximum Gasteiger partial charge on any atom is 0.573 e. The highest BCUT2D eigenvalue weighted by molar-refractivity contribution is 6.05. The number of hydrogen-bond donors (Lipinski definition) is 1. The first-order chi connectivity index (χ1) is 13.3. The second kappa shape index (κ2) is 7.63. The summed E-state index contributed by atoms with van der Waals surface area (Å²) in [4.78, 5) is 12.6. The molecule has 0 fully saturated rings. The molecule has 0 aliphatic carbocycles. The van der Waals surface area contributed by atoms with E-state index in [1.165, 1.54) is 24.4 Å². The van der Waals surface area contributed by atoms with Crippen molar-refractivity contribution in [2.75, 3.05) is 12.4 Å². The van der Waals surface area contributed by atoms with Crippen molar-refractivity contribution in [2.45, 2.75) is 13.3 Å². The van der Waals surface area contributed by atoms with Crippen LogP contribution in [0.1, 0.15) is 16.1 Å². The number of ether oxygens (including phenoxy) is 2. The van der Waals surface area contributed by atoms with Gasteiger partial charge in [0.2, 0.25) is 0 Å². The van der Waals surface area contributed by atoms with Gasteiger partial charge in [-0.2, -0.15) is 5.10 Å². The summed E-state index contributed by atoms with van der Waals surface area (Å²) in [6.45, 7) is 1.68. The number of alkyl halides is 3. The number of hydrogen-bond acceptors (Lipinski definition) is 4. The summed E-state index contributed by atoms with van der Waals surface area (Å²) >= 11 is 0. The molecule has 0 radical (unpaired) electrons. The van der Waals surface area contributed by atoms with E-state index in [-0.39, 0.29) is 11.3 Å². The van der Waals surface area contributed by atoms with E-state index in [4.69, 9.17) is 4.74 Å². The summed E-state index contributed by atoms with van der Waals surface area (Å²) in [6, 6.07) is 12.4. The average molecular weight is 391 g/mol. The Morgan fingerprint density at radius 1 is 1.11 bits per heavy atom. The fraction of sp³-hybridized carbons (Fsp3) is 0.158. The number of amides is 1. The van der Waals surface area contributed by atoms with Gasteiger partial charge in [0.1, 0.15) is 5.75 Å². The predicted octanol–water partition coefficient (Wildman–Crippen LogP) is 4.34. The lowest BCUT2D eigenvalue weighted by atomic mass is 10.2. The van der Waals surface area contributed by atoms with Crippen LogP contribution in [-0.2, 0) is 0 Å². The summed E-state index contributed by atoms with van der Waals surface area (Å²) in [5.74, 6) is -0.424. The number of rotatable bonds is 5. The minimum atomic E-state index is -4.87. The fourth-order valence-corrected chi connectivity index (χ4v) is 2.59. The molecule has 2 aromatic carbocycles. The SMILES string of the molecule is COc1ccc(-n2ncc(C(=O)Nc3ccccc3OC(F)(F)F)c2C)cc1. The lowest BCUT2D eigenvalue weighted by Crippen LogP contribution is -2.19. The third-order valence-corrected chi connectivity index (χ3v) is 3.93. The first-order valence-electron chi connectivity index (χ1n) is 8.13. The molecule has 1 aromatic heterocycles. The van der Waals surface area contributed by atoms with Crippen LogP contribution >= 0.6 is 0 Å². The van der Waals surface area contributed by atoms with Gasteiger partial charge in [0.25, 0.3) is 5.91 Å². The normalized spacial score (nSPS) is 11.2. The van der Waals surface area contributed by atoms with Crippen LogP contribution < -0.4 is 14.8 Å². The summed E-state index contributed by atoms with van der Waals surface area (Å²) in [5, 5.41) is 6.63. The molecule has 1 N–H and O–H groups in total. The monoisotopic (exact) mass is 391 g/mol. The third kappa shape index (κ3) is 4.25. The van der Waals surface area contributed by atoms with Crippen molar-refractivity contribution in [3.63, 3.8) is 0 Å². The number of benzene rings is 2. The number of nitrogens with zero attached hydrogens (tertiary/aromatic N) is 2. The lowest BCUT2D eigenvalue weighted by Gasteiger charge is -2.13. The van der Waals surface area contributed by atoms with Crippen molar-refractivity contribution in [3.05, 3.63) is 66.0 Å². The molecule has 0 saturated heterocycles. The molecule has 28 heavy (non-hydrogen) atoms. The Morgan fingerprint density at radius 3 is 2.43 bits per heavy atom. The minimum absolute atomic E-state index is 0.0959. The van der Waals surface area contributed by atoms with Gasteiger partial charge in [-0.05, 0) is 43.3 Å². The molecular weight excluding hydrogens is 375 g/mol. The summed E-state index contributed by atoms with van der Waals surface area (Å²) in [7, 11) is 1.55. The molecule has 146 valence electrons. The van der Waals surface area contributed by atoms with Gasteiger partial charge < -0.3 is 14.8 Å². The van der Waals surface area contributed by atoms with Crippen LogP contribution in [0, 0.1) is 6.92 Å². The van der Waals surface area contributed by atoms with Gasteiger partial charge >= 0.3 is 6.36 Å². The third-order valence-electron chi connectivity index (χ3n) is 3.93. The summed E-state index contributed by atoms with van der Waals surface area (Å²) < 4.78 is 48.2. The van der Waals surface area contributed by atoms with Gasteiger partial charge in [-0.3, -0.25) is 4.79 Å². The van der Waals surface area contributed by atoms with Crippen molar-refractivity contribution < 1.29 is 27.4 Å². The molecule has 0 spiro atoms. The second-order valence-corrected chi connectivity index (χ2v) is 5.75. The molecule has 0 atom stereocenters. The van der Waals surface area contributed by atoms with Crippen LogP contribution in [0.25, 0.3) is 5.69 Å². The van der Waals surface area contributed by atoms with E-state index in [1.54, 1.807) is 43.0 Å². The number of nitrogens with one attached hydrogen (secondary N) is 1. The van der Waals surface area contributed by atoms with Gasteiger partial charge in [-0.25, -0.2) is 4.68 Å². The Kier molecular flexibility index (Phi) is 5.25. The van der Waals surface area contributed by atoms with Gasteiger partial charge in [0.15, 0.2) is 5.75 Å².